The summed E-state index contributed by atoms with van der Waals surface area (Å²) in [5, 5.41) is 5.20. The summed E-state index contributed by atoms with van der Waals surface area (Å²) in [6.07, 6.45) is 0. The van der Waals surface area contributed by atoms with Crippen molar-refractivity contribution in [2.75, 3.05) is 12.3 Å². The number of thiophene rings is 1. The Morgan fingerprint density at radius 1 is 1.38 bits per heavy atom. The van der Waals surface area contributed by atoms with E-state index < -0.39 is 11.2 Å². The molecule has 0 aromatic carbocycles. The van der Waals surface area contributed by atoms with Crippen molar-refractivity contribution in [1.82, 2.24) is 24.4 Å². The van der Waals surface area contributed by atoms with Crippen molar-refractivity contribution in [3.63, 3.8) is 0 Å². The van der Waals surface area contributed by atoms with E-state index in [0.717, 1.165) is 4.57 Å². The normalized spacial score (nSPS) is 11.1. The number of amides is 1. The molecule has 2 N–H and O–H groups in total. The number of fused-ring (bicyclic) bond motifs is 1. The van der Waals surface area contributed by atoms with Gasteiger partial charge in [0.1, 0.15) is 0 Å². The highest BCUT2D eigenvalue weighted by atomic mass is 32.2. The fraction of sp³-hybridized carbons (Fsp3) is 0.286. The number of thioether (sulfide) groups is 1. The predicted octanol–water partition coefficient (Wildman–Crippen LogP) is 0.544. The summed E-state index contributed by atoms with van der Waals surface area (Å²) in [5.41, 5.74) is -0.199. The minimum absolute atomic E-state index is 0.105. The standard InChI is InChI=1S/C14H15N5O3S2/c1-18-10-9(12(21)19(2)14(18)22)16-13(17-10)24-7-5-15-11(20)8-4-3-6-23-8/h3-4,6H,5,7H2,1-2H3,(H,15,20)(H,16,17). The van der Waals surface area contributed by atoms with Gasteiger partial charge in [-0.1, -0.05) is 17.8 Å². The molecule has 0 saturated heterocycles. The van der Waals surface area contributed by atoms with E-state index in [9.17, 15) is 14.4 Å². The summed E-state index contributed by atoms with van der Waals surface area (Å²) >= 11 is 2.76. The average molecular weight is 365 g/mol. The van der Waals surface area contributed by atoms with E-state index in [4.69, 9.17) is 0 Å². The highest BCUT2D eigenvalue weighted by molar-refractivity contribution is 7.99. The summed E-state index contributed by atoms with van der Waals surface area (Å²) in [7, 11) is 3.00. The van der Waals surface area contributed by atoms with Crippen LogP contribution >= 0.6 is 23.1 Å². The van der Waals surface area contributed by atoms with Crippen LogP contribution in [0.15, 0.2) is 32.3 Å². The maximum Gasteiger partial charge on any atom is 0.332 e. The number of aromatic nitrogens is 4. The van der Waals surface area contributed by atoms with E-state index in [1.54, 1.807) is 13.1 Å². The van der Waals surface area contributed by atoms with Crippen LogP contribution < -0.4 is 16.6 Å². The lowest BCUT2D eigenvalue weighted by Gasteiger charge is -2.01. The Morgan fingerprint density at radius 2 is 2.17 bits per heavy atom. The Balaban J connectivity index is 1.67. The summed E-state index contributed by atoms with van der Waals surface area (Å²) < 4.78 is 2.37. The number of H-pyrrole nitrogens is 1. The number of rotatable bonds is 5. The zero-order valence-corrected chi connectivity index (χ0v) is 14.7. The smallest absolute Gasteiger partial charge is 0.332 e. The second-order valence-corrected chi connectivity index (χ2v) is 7.06. The molecule has 0 radical (unpaired) electrons. The molecule has 3 aromatic rings. The molecule has 24 heavy (non-hydrogen) atoms. The molecule has 0 aliphatic carbocycles. The number of aromatic amines is 1. The van der Waals surface area contributed by atoms with Crippen LogP contribution in [-0.4, -0.2) is 37.3 Å². The van der Waals surface area contributed by atoms with Gasteiger partial charge < -0.3 is 10.3 Å². The molecule has 0 bridgehead atoms. The van der Waals surface area contributed by atoms with E-state index in [0.29, 0.717) is 33.5 Å². The third-order valence-electron chi connectivity index (χ3n) is 3.44. The van der Waals surface area contributed by atoms with Gasteiger partial charge in [-0.3, -0.25) is 18.7 Å². The van der Waals surface area contributed by atoms with Crippen molar-refractivity contribution in [2.45, 2.75) is 5.16 Å². The highest BCUT2D eigenvalue weighted by Gasteiger charge is 2.13. The Hall–Kier alpha value is -2.33. The first-order valence-electron chi connectivity index (χ1n) is 7.09. The van der Waals surface area contributed by atoms with Gasteiger partial charge in [0.2, 0.25) is 0 Å². The van der Waals surface area contributed by atoms with Crippen molar-refractivity contribution in [2.24, 2.45) is 14.1 Å². The van der Waals surface area contributed by atoms with Crippen LogP contribution in [0.3, 0.4) is 0 Å². The quantitative estimate of drug-likeness (QED) is 0.508. The zero-order valence-electron chi connectivity index (χ0n) is 13.0. The second-order valence-electron chi connectivity index (χ2n) is 5.03. The molecule has 0 unspecified atom stereocenters. The number of carbonyl (C=O) groups excluding carboxylic acids is 1. The maximum absolute atomic E-state index is 12.1. The first-order valence-corrected chi connectivity index (χ1v) is 8.96. The van der Waals surface area contributed by atoms with Crippen LogP contribution in [0.4, 0.5) is 0 Å². The van der Waals surface area contributed by atoms with Crippen molar-refractivity contribution in [1.29, 1.82) is 0 Å². The van der Waals surface area contributed by atoms with Crippen LogP contribution in [0, 0.1) is 0 Å². The third-order valence-corrected chi connectivity index (χ3v) is 5.19. The monoisotopic (exact) mass is 365 g/mol. The predicted molar refractivity (Wildman–Crippen MR) is 94.0 cm³/mol. The first kappa shape index (κ1) is 16.5. The molecule has 3 rings (SSSR count). The maximum atomic E-state index is 12.1. The van der Waals surface area contributed by atoms with Gasteiger partial charge in [0.25, 0.3) is 11.5 Å². The molecule has 126 valence electrons. The molecule has 8 nitrogen and oxygen atoms in total. The van der Waals surface area contributed by atoms with Gasteiger partial charge in [0, 0.05) is 26.4 Å². The molecule has 0 fully saturated rings. The van der Waals surface area contributed by atoms with Crippen molar-refractivity contribution in [3.05, 3.63) is 43.2 Å². The SMILES string of the molecule is Cn1c(=O)c2[nH]c(SCCNC(=O)c3cccs3)nc2n(C)c1=O. The number of imidazole rings is 1. The van der Waals surface area contributed by atoms with E-state index in [2.05, 4.69) is 15.3 Å². The van der Waals surface area contributed by atoms with Gasteiger partial charge in [0.05, 0.1) is 4.88 Å². The fourth-order valence-corrected chi connectivity index (χ4v) is 3.54. The number of carbonyl (C=O) groups is 1. The summed E-state index contributed by atoms with van der Waals surface area (Å²) in [6.45, 7) is 0.468. The van der Waals surface area contributed by atoms with Gasteiger partial charge in [-0.05, 0) is 11.4 Å². The summed E-state index contributed by atoms with van der Waals surface area (Å²) in [6, 6.07) is 3.59. The van der Waals surface area contributed by atoms with Gasteiger partial charge in [-0.15, -0.1) is 11.3 Å². The second kappa shape index (κ2) is 6.65. The molecule has 0 aliphatic heterocycles. The van der Waals surface area contributed by atoms with Gasteiger partial charge in [-0.25, -0.2) is 9.78 Å². The average Bonchev–Trinajstić information content (AvgIpc) is 3.24. The lowest BCUT2D eigenvalue weighted by atomic mass is 10.4. The molecule has 0 aliphatic rings. The lowest BCUT2D eigenvalue weighted by Crippen LogP contribution is -2.36. The van der Waals surface area contributed by atoms with Crippen molar-refractivity contribution >= 4 is 40.2 Å². The molecule has 3 aromatic heterocycles. The zero-order chi connectivity index (χ0) is 17.3. The van der Waals surface area contributed by atoms with Crippen molar-refractivity contribution < 1.29 is 4.79 Å². The number of nitrogens with zero attached hydrogens (tertiary/aromatic N) is 3. The molecular weight excluding hydrogens is 350 g/mol. The van der Waals surface area contributed by atoms with Crippen LogP contribution in [0.25, 0.3) is 11.2 Å². The Bertz CT molecular complexity index is 1000. The van der Waals surface area contributed by atoms with Crippen molar-refractivity contribution in [3.8, 4) is 0 Å². The molecular formula is C14H15N5O3S2. The number of aryl methyl sites for hydroxylation is 1. The fourth-order valence-electron chi connectivity index (χ4n) is 2.18. The minimum Gasteiger partial charge on any atom is -0.350 e. The molecule has 1 amide bonds. The third kappa shape index (κ3) is 3.02. The van der Waals surface area contributed by atoms with E-state index in [1.807, 2.05) is 11.4 Å². The summed E-state index contributed by atoms with van der Waals surface area (Å²) in [5.74, 6) is 0.483. The Labute approximate surface area is 144 Å². The van der Waals surface area contributed by atoms with E-state index >= 15 is 0 Å². The van der Waals surface area contributed by atoms with Crippen LogP contribution in [0.2, 0.25) is 0 Å². The topological polar surface area (TPSA) is 102 Å². The van der Waals surface area contributed by atoms with Gasteiger partial charge in [-0.2, -0.15) is 0 Å². The Morgan fingerprint density at radius 3 is 2.88 bits per heavy atom. The molecule has 3 heterocycles. The minimum atomic E-state index is -0.418. The van der Waals surface area contributed by atoms with Gasteiger partial charge >= 0.3 is 5.69 Å². The number of nitrogens with one attached hydrogen (secondary N) is 2. The highest BCUT2D eigenvalue weighted by Crippen LogP contribution is 2.16. The van der Waals surface area contributed by atoms with Crippen LogP contribution in [-0.2, 0) is 14.1 Å². The van der Waals surface area contributed by atoms with Crippen LogP contribution in [0.1, 0.15) is 9.67 Å². The summed E-state index contributed by atoms with van der Waals surface area (Å²) in [4.78, 5) is 43.7. The molecule has 10 heteroatoms. The lowest BCUT2D eigenvalue weighted by molar-refractivity contribution is 0.0960. The van der Waals surface area contributed by atoms with E-state index in [1.165, 1.54) is 34.7 Å². The Kier molecular flexibility index (Phi) is 4.58. The molecule has 0 atom stereocenters. The molecule has 0 spiro atoms. The number of hydrogen-bond acceptors (Lipinski definition) is 6. The van der Waals surface area contributed by atoms with E-state index in [-0.39, 0.29) is 5.91 Å². The number of hydrogen-bond donors (Lipinski definition) is 2. The largest absolute Gasteiger partial charge is 0.350 e. The molecule has 0 saturated carbocycles. The van der Waals surface area contributed by atoms with Crippen LogP contribution in [0.5, 0.6) is 0 Å². The first-order chi connectivity index (χ1) is 11.5. The van der Waals surface area contributed by atoms with Gasteiger partial charge in [0.15, 0.2) is 16.3 Å².